The molecule has 0 bridgehead atoms. The maximum absolute atomic E-state index is 11.9. The number of amides is 1. The SMILES string of the molecule is COC(=O)Cn1c2ccc(CNC(=O)OC(C)(C)C)cc2c2c(N)ncnc21. The van der Waals surface area contributed by atoms with Crippen molar-refractivity contribution < 1.29 is 19.1 Å². The zero-order valence-electron chi connectivity index (χ0n) is 16.3. The van der Waals surface area contributed by atoms with Gasteiger partial charge in [0.05, 0.1) is 18.0 Å². The minimum Gasteiger partial charge on any atom is -0.468 e. The van der Waals surface area contributed by atoms with Crippen LogP contribution in [0.15, 0.2) is 24.5 Å². The molecule has 9 nitrogen and oxygen atoms in total. The monoisotopic (exact) mass is 385 g/mol. The molecule has 9 heteroatoms. The smallest absolute Gasteiger partial charge is 0.407 e. The number of aromatic nitrogens is 3. The van der Waals surface area contributed by atoms with Gasteiger partial charge < -0.3 is 25.1 Å². The fourth-order valence-corrected chi connectivity index (χ4v) is 2.94. The van der Waals surface area contributed by atoms with E-state index in [1.54, 1.807) is 25.3 Å². The molecule has 0 aliphatic carbocycles. The van der Waals surface area contributed by atoms with E-state index in [2.05, 4.69) is 15.3 Å². The van der Waals surface area contributed by atoms with E-state index in [1.165, 1.54) is 13.4 Å². The van der Waals surface area contributed by atoms with Gasteiger partial charge in [0.15, 0.2) is 0 Å². The Kier molecular flexibility index (Phi) is 5.08. The van der Waals surface area contributed by atoms with Crippen LogP contribution < -0.4 is 11.1 Å². The Hall–Kier alpha value is -3.36. The molecule has 3 N–H and O–H groups in total. The Balaban J connectivity index is 1.98. The van der Waals surface area contributed by atoms with Crippen LogP contribution in [0.4, 0.5) is 10.6 Å². The van der Waals surface area contributed by atoms with Crippen molar-refractivity contribution in [1.29, 1.82) is 0 Å². The summed E-state index contributed by atoms with van der Waals surface area (Å²) in [5.74, 6) is -0.0810. The average molecular weight is 385 g/mol. The van der Waals surface area contributed by atoms with Crippen LogP contribution in [0.3, 0.4) is 0 Å². The summed E-state index contributed by atoms with van der Waals surface area (Å²) in [6.07, 6.45) is 0.860. The molecule has 0 aliphatic rings. The molecule has 3 rings (SSSR count). The van der Waals surface area contributed by atoms with Gasteiger partial charge in [-0.2, -0.15) is 0 Å². The van der Waals surface area contributed by atoms with Gasteiger partial charge in [0.25, 0.3) is 0 Å². The molecule has 2 aromatic heterocycles. The summed E-state index contributed by atoms with van der Waals surface area (Å²) in [6.45, 7) is 5.69. The van der Waals surface area contributed by atoms with Crippen molar-refractivity contribution in [2.45, 2.75) is 39.5 Å². The highest BCUT2D eigenvalue weighted by Crippen LogP contribution is 2.31. The third-order valence-corrected chi connectivity index (χ3v) is 4.08. The summed E-state index contributed by atoms with van der Waals surface area (Å²) in [5, 5.41) is 4.17. The van der Waals surface area contributed by atoms with Crippen LogP contribution in [0.2, 0.25) is 0 Å². The molecule has 0 saturated carbocycles. The van der Waals surface area contributed by atoms with Crippen molar-refractivity contribution >= 4 is 39.8 Å². The lowest BCUT2D eigenvalue weighted by atomic mass is 10.1. The standard InChI is InChI=1S/C19H23N5O4/c1-19(2,3)28-18(26)21-8-11-5-6-13-12(7-11)15-16(20)22-10-23-17(15)24(13)9-14(25)27-4/h5-7,10H,8-9H2,1-4H3,(H,21,26)(H2,20,22,23). The Morgan fingerprint density at radius 3 is 2.68 bits per heavy atom. The first-order valence-corrected chi connectivity index (χ1v) is 8.74. The lowest BCUT2D eigenvalue weighted by Crippen LogP contribution is -2.32. The van der Waals surface area contributed by atoms with Crippen LogP contribution >= 0.6 is 0 Å². The number of anilines is 1. The molecule has 1 aromatic carbocycles. The molecule has 1 amide bonds. The van der Waals surface area contributed by atoms with E-state index < -0.39 is 17.7 Å². The number of esters is 1. The quantitative estimate of drug-likeness (QED) is 0.661. The summed E-state index contributed by atoms with van der Waals surface area (Å²) in [4.78, 5) is 32.1. The number of alkyl carbamates (subject to hydrolysis) is 1. The second-order valence-electron chi connectivity index (χ2n) is 7.33. The summed E-state index contributed by atoms with van der Waals surface area (Å²) in [5.41, 5.74) is 7.67. The highest BCUT2D eigenvalue weighted by atomic mass is 16.6. The van der Waals surface area contributed by atoms with Gasteiger partial charge in [-0.1, -0.05) is 6.07 Å². The van der Waals surface area contributed by atoms with E-state index in [0.717, 1.165) is 16.5 Å². The molecular weight excluding hydrogens is 362 g/mol. The van der Waals surface area contributed by atoms with E-state index in [-0.39, 0.29) is 13.1 Å². The van der Waals surface area contributed by atoms with Crippen molar-refractivity contribution in [2.75, 3.05) is 12.8 Å². The summed E-state index contributed by atoms with van der Waals surface area (Å²) in [7, 11) is 1.33. The van der Waals surface area contributed by atoms with Gasteiger partial charge in [-0.25, -0.2) is 14.8 Å². The van der Waals surface area contributed by atoms with Gasteiger partial charge in [-0.15, -0.1) is 0 Å². The summed E-state index contributed by atoms with van der Waals surface area (Å²) >= 11 is 0. The zero-order valence-corrected chi connectivity index (χ0v) is 16.3. The summed E-state index contributed by atoms with van der Waals surface area (Å²) in [6, 6.07) is 5.60. The number of hydrogen-bond donors (Lipinski definition) is 2. The van der Waals surface area contributed by atoms with E-state index in [1.807, 2.05) is 18.2 Å². The number of methoxy groups -OCH3 is 1. The number of carbonyl (C=O) groups is 2. The number of nitrogens with one attached hydrogen (secondary N) is 1. The number of hydrogen-bond acceptors (Lipinski definition) is 7. The van der Waals surface area contributed by atoms with Crippen LogP contribution in [0.25, 0.3) is 21.9 Å². The van der Waals surface area contributed by atoms with Crippen LogP contribution in [-0.4, -0.2) is 39.3 Å². The van der Waals surface area contributed by atoms with Crippen LogP contribution in [0.1, 0.15) is 26.3 Å². The highest BCUT2D eigenvalue weighted by Gasteiger charge is 2.18. The zero-order chi connectivity index (χ0) is 20.5. The number of nitrogen functional groups attached to an aromatic ring is 1. The third-order valence-electron chi connectivity index (χ3n) is 4.08. The molecule has 0 aliphatic heterocycles. The van der Waals surface area contributed by atoms with Crippen LogP contribution in [0.5, 0.6) is 0 Å². The number of nitrogens with zero attached hydrogens (tertiary/aromatic N) is 3. The normalized spacial score (nSPS) is 11.6. The molecule has 0 spiro atoms. The lowest BCUT2D eigenvalue weighted by Gasteiger charge is -2.19. The maximum atomic E-state index is 11.9. The van der Waals surface area contributed by atoms with Crippen molar-refractivity contribution in [3.63, 3.8) is 0 Å². The molecule has 0 radical (unpaired) electrons. The van der Waals surface area contributed by atoms with Gasteiger partial charge in [0.2, 0.25) is 0 Å². The summed E-state index contributed by atoms with van der Waals surface area (Å²) < 4.78 is 11.8. The first kappa shape index (κ1) is 19.4. The highest BCUT2D eigenvalue weighted by molar-refractivity contribution is 6.11. The van der Waals surface area contributed by atoms with Gasteiger partial charge in [-0.3, -0.25) is 4.79 Å². The lowest BCUT2D eigenvalue weighted by molar-refractivity contribution is -0.141. The predicted molar refractivity (Wildman–Crippen MR) is 105 cm³/mol. The average Bonchev–Trinajstić information content (AvgIpc) is 2.93. The number of benzene rings is 1. The molecular formula is C19H23N5O4. The molecule has 0 fully saturated rings. The fraction of sp³-hybridized carbons (Fsp3) is 0.368. The number of rotatable bonds is 4. The van der Waals surface area contributed by atoms with Gasteiger partial charge in [0, 0.05) is 11.9 Å². The Bertz CT molecular complexity index is 1050. The fourth-order valence-electron chi connectivity index (χ4n) is 2.94. The van der Waals surface area contributed by atoms with E-state index in [0.29, 0.717) is 16.9 Å². The van der Waals surface area contributed by atoms with Gasteiger partial charge in [-0.05, 0) is 38.5 Å². The minimum atomic E-state index is -0.568. The minimum absolute atomic E-state index is 0.00244. The van der Waals surface area contributed by atoms with Crippen molar-refractivity contribution in [2.24, 2.45) is 0 Å². The van der Waals surface area contributed by atoms with E-state index >= 15 is 0 Å². The van der Waals surface area contributed by atoms with Gasteiger partial charge >= 0.3 is 12.1 Å². The number of ether oxygens (including phenoxy) is 2. The van der Waals surface area contributed by atoms with Crippen molar-refractivity contribution in [1.82, 2.24) is 19.9 Å². The molecule has 3 aromatic rings. The number of nitrogens with two attached hydrogens (primary N) is 1. The molecule has 0 unspecified atom stereocenters. The molecule has 28 heavy (non-hydrogen) atoms. The third kappa shape index (κ3) is 3.98. The Labute approximate surface area is 161 Å². The molecule has 0 saturated heterocycles. The number of carbonyl (C=O) groups excluding carboxylic acids is 2. The van der Waals surface area contributed by atoms with Crippen molar-refractivity contribution in [3.8, 4) is 0 Å². The molecule has 148 valence electrons. The van der Waals surface area contributed by atoms with Crippen LogP contribution in [0, 0.1) is 0 Å². The maximum Gasteiger partial charge on any atom is 0.407 e. The van der Waals surface area contributed by atoms with Crippen molar-refractivity contribution in [3.05, 3.63) is 30.1 Å². The largest absolute Gasteiger partial charge is 0.468 e. The van der Waals surface area contributed by atoms with Gasteiger partial charge in [0.1, 0.15) is 29.9 Å². The van der Waals surface area contributed by atoms with Crippen LogP contribution in [-0.2, 0) is 27.4 Å². The topological polar surface area (TPSA) is 121 Å². The van der Waals surface area contributed by atoms with E-state index in [9.17, 15) is 9.59 Å². The van der Waals surface area contributed by atoms with E-state index in [4.69, 9.17) is 15.2 Å². The molecule has 2 heterocycles. The first-order chi connectivity index (χ1) is 13.2. The predicted octanol–water partition coefficient (Wildman–Crippen LogP) is 2.36. The first-order valence-electron chi connectivity index (χ1n) is 8.74. The Morgan fingerprint density at radius 2 is 2.00 bits per heavy atom. The molecule has 0 atom stereocenters. The number of fused-ring (bicyclic) bond motifs is 3. The second-order valence-corrected chi connectivity index (χ2v) is 7.33. The Morgan fingerprint density at radius 1 is 1.25 bits per heavy atom. The second kappa shape index (κ2) is 7.34.